The number of para-hydroxylation sites is 1. The van der Waals surface area contributed by atoms with Crippen LogP contribution < -0.4 is 10.5 Å². The van der Waals surface area contributed by atoms with Gasteiger partial charge in [-0.3, -0.25) is 4.79 Å². The van der Waals surface area contributed by atoms with E-state index in [1.54, 1.807) is 24.3 Å². The first-order valence-corrected chi connectivity index (χ1v) is 5.30. The summed E-state index contributed by atoms with van der Waals surface area (Å²) in [6, 6.07) is 14.5. The molecule has 0 radical (unpaired) electrons. The molecule has 0 bridgehead atoms. The molecule has 86 valence electrons. The van der Waals surface area contributed by atoms with Crippen molar-refractivity contribution in [1.29, 1.82) is 0 Å². The number of amides is 1. The van der Waals surface area contributed by atoms with Crippen LogP contribution in [-0.4, -0.2) is 5.91 Å². The molecule has 0 fully saturated rings. The maximum Gasteiger partial charge on any atom is 0.252 e. The van der Waals surface area contributed by atoms with E-state index in [0.717, 1.165) is 5.56 Å². The summed E-state index contributed by atoms with van der Waals surface area (Å²) in [5.74, 6) is 0.667. The Hall–Kier alpha value is -2.29. The van der Waals surface area contributed by atoms with E-state index < -0.39 is 5.91 Å². The zero-order chi connectivity index (χ0) is 12.3. The highest BCUT2D eigenvalue weighted by atomic mass is 16.5. The summed E-state index contributed by atoms with van der Waals surface area (Å²) >= 11 is 0. The van der Waals surface area contributed by atoms with E-state index in [1.165, 1.54) is 0 Å². The SMILES string of the molecule is Cc1ccc(Oc2ccccc2C(N)=O)cc1. The molecule has 0 aliphatic carbocycles. The first kappa shape index (κ1) is 11.2. The third kappa shape index (κ3) is 2.64. The van der Waals surface area contributed by atoms with E-state index >= 15 is 0 Å². The van der Waals surface area contributed by atoms with Crippen LogP contribution in [0.4, 0.5) is 0 Å². The third-order valence-electron chi connectivity index (χ3n) is 2.40. The van der Waals surface area contributed by atoms with Crippen molar-refractivity contribution in [2.75, 3.05) is 0 Å². The summed E-state index contributed by atoms with van der Waals surface area (Å²) in [5, 5.41) is 0. The molecule has 0 aliphatic heterocycles. The Morgan fingerprint density at radius 2 is 1.71 bits per heavy atom. The topological polar surface area (TPSA) is 52.3 Å². The number of rotatable bonds is 3. The summed E-state index contributed by atoms with van der Waals surface area (Å²) in [6.07, 6.45) is 0. The molecule has 2 aromatic rings. The molecule has 2 aromatic carbocycles. The van der Waals surface area contributed by atoms with Crippen molar-refractivity contribution >= 4 is 5.91 Å². The van der Waals surface area contributed by atoms with Crippen LogP contribution in [0.5, 0.6) is 11.5 Å². The summed E-state index contributed by atoms with van der Waals surface area (Å²) < 4.78 is 5.62. The number of primary amides is 1. The average Bonchev–Trinajstić information content (AvgIpc) is 2.32. The Morgan fingerprint density at radius 1 is 1.06 bits per heavy atom. The molecule has 0 aliphatic rings. The third-order valence-corrected chi connectivity index (χ3v) is 2.40. The number of hydrogen-bond donors (Lipinski definition) is 1. The largest absolute Gasteiger partial charge is 0.457 e. The molecule has 0 unspecified atom stereocenters. The lowest BCUT2D eigenvalue weighted by Gasteiger charge is -2.08. The van der Waals surface area contributed by atoms with Gasteiger partial charge in [-0.1, -0.05) is 29.8 Å². The smallest absolute Gasteiger partial charge is 0.252 e. The van der Waals surface area contributed by atoms with Gasteiger partial charge in [-0.15, -0.1) is 0 Å². The van der Waals surface area contributed by atoms with Gasteiger partial charge in [0.05, 0.1) is 5.56 Å². The monoisotopic (exact) mass is 227 g/mol. The van der Waals surface area contributed by atoms with E-state index in [-0.39, 0.29) is 0 Å². The van der Waals surface area contributed by atoms with E-state index in [0.29, 0.717) is 17.1 Å². The van der Waals surface area contributed by atoms with Crippen molar-refractivity contribution < 1.29 is 9.53 Å². The maximum atomic E-state index is 11.2. The normalized spacial score (nSPS) is 9.94. The fourth-order valence-electron chi connectivity index (χ4n) is 1.49. The Labute approximate surface area is 99.8 Å². The van der Waals surface area contributed by atoms with E-state index in [2.05, 4.69) is 0 Å². The lowest BCUT2D eigenvalue weighted by atomic mass is 10.2. The summed E-state index contributed by atoms with van der Waals surface area (Å²) in [6.45, 7) is 2.00. The second-order valence-electron chi connectivity index (χ2n) is 3.78. The van der Waals surface area contributed by atoms with Gasteiger partial charge in [0, 0.05) is 0 Å². The van der Waals surface area contributed by atoms with Gasteiger partial charge in [-0.05, 0) is 31.2 Å². The van der Waals surface area contributed by atoms with Crippen molar-refractivity contribution in [2.45, 2.75) is 6.92 Å². The first-order chi connectivity index (χ1) is 8.16. The molecular formula is C14H13NO2. The standard InChI is InChI=1S/C14H13NO2/c1-10-6-8-11(9-7-10)17-13-5-3-2-4-12(13)14(15)16/h2-9H,1H3,(H2,15,16). The minimum atomic E-state index is -0.493. The highest BCUT2D eigenvalue weighted by Crippen LogP contribution is 2.24. The zero-order valence-electron chi connectivity index (χ0n) is 9.51. The number of ether oxygens (including phenoxy) is 1. The van der Waals surface area contributed by atoms with Crippen LogP contribution in [0.3, 0.4) is 0 Å². The minimum absolute atomic E-state index is 0.382. The molecule has 3 nitrogen and oxygen atoms in total. The molecule has 0 atom stereocenters. The number of hydrogen-bond acceptors (Lipinski definition) is 2. The fraction of sp³-hybridized carbons (Fsp3) is 0.0714. The van der Waals surface area contributed by atoms with Gasteiger partial charge < -0.3 is 10.5 Å². The van der Waals surface area contributed by atoms with Crippen molar-refractivity contribution in [1.82, 2.24) is 0 Å². The predicted molar refractivity (Wildman–Crippen MR) is 66.2 cm³/mol. The molecule has 17 heavy (non-hydrogen) atoms. The zero-order valence-corrected chi connectivity index (χ0v) is 9.51. The summed E-state index contributed by atoms with van der Waals surface area (Å²) in [4.78, 5) is 11.2. The molecule has 2 rings (SSSR count). The van der Waals surface area contributed by atoms with Crippen molar-refractivity contribution in [3.05, 3.63) is 59.7 Å². The van der Waals surface area contributed by atoms with Gasteiger partial charge in [0.2, 0.25) is 0 Å². The molecule has 1 amide bonds. The molecule has 2 N–H and O–H groups in total. The van der Waals surface area contributed by atoms with Gasteiger partial charge in [-0.25, -0.2) is 0 Å². The second-order valence-corrected chi connectivity index (χ2v) is 3.78. The van der Waals surface area contributed by atoms with Gasteiger partial charge in [0.1, 0.15) is 11.5 Å². The average molecular weight is 227 g/mol. The van der Waals surface area contributed by atoms with E-state index in [1.807, 2.05) is 31.2 Å². The van der Waals surface area contributed by atoms with Crippen molar-refractivity contribution in [3.63, 3.8) is 0 Å². The molecule has 3 heteroatoms. The Morgan fingerprint density at radius 3 is 2.35 bits per heavy atom. The molecule has 0 saturated heterocycles. The minimum Gasteiger partial charge on any atom is -0.457 e. The first-order valence-electron chi connectivity index (χ1n) is 5.30. The maximum absolute atomic E-state index is 11.2. The van der Waals surface area contributed by atoms with E-state index in [9.17, 15) is 4.79 Å². The highest BCUT2D eigenvalue weighted by molar-refractivity contribution is 5.95. The lowest BCUT2D eigenvalue weighted by molar-refractivity contribution is 0.0998. The van der Waals surface area contributed by atoms with Crippen LogP contribution in [0.1, 0.15) is 15.9 Å². The van der Waals surface area contributed by atoms with Gasteiger partial charge in [-0.2, -0.15) is 0 Å². The molecule has 0 aromatic heterocycles. The fourth-order valence-corrected chi connectivity index (χ4v) is 1.49. The molecule has 0 spiro atoms. The van der Waals surface area contributed by atoms with Crippen LogP contribution in [-0.2, 0) is 0 Å². The van der Waals surface area contributed by atoms with Crippen LogP contribution in [0.25, 0.3) is 0 Å². The van der Waals surface area contributed by atoms with Gasteiger partial charge in [0.25, 0.3) is 5.91 Å². The van der Waals surface area contributed by atoms with E-state index in [4.69, 9.17) is 10.5 Å². The number of aryl methyl sites for hydroxylation is 1. The number of carbonyl (C=O) groups excluding carboxylic acids is 1. The van der Waals surface area contributed by atoms with Crippen molar-refractivity contribution in [2.24, 2.45) is 5.73 Å². The Balaban J connectivity index is 2.30. The quantitative estimate of drug-likeness (QED) is 0.876. The van der Waals surface area contributed by atoms with Crippen molar-refractivity contribution in [3.8, 4) is 11.5 Å². The summed E-state index contributed by atoms with van der Waals surface area (Å²) in [5.41, 5.74) is 6.81. The summed E-state index contributed by atoms with van der Waals surface area (Å²) in [7, 11) is 0. The van der Waals surface area contributed by atoms with Gasteiger partial charge >= 0.3 is 0 Å². The molecular weight excluding hydrogens is 214 g/mol. The lowest BCUT2D eigenvalue weighted by Crippen LogP contribution is -2.11. The van der Waals surface area contributed by atoms with Gasteiger partial charge in [0.15, 0.2) is 0 Å². The van der Waals surface area contributed by atoms with Crippen LogP contribution in [0.15, 0.2) is 48.5 Å². The Kier molecular flexibility index (Phi) is 3.10. The van der Waals surface area contributed by atoms with Crippen LogP contribution in [0, 0.1) is 6.92 Å². The Bertz CT molecular complexity index is 532. The number of benzene rings is 2. The predicted octanol–water partition coefficient (Wildman–Crippen LogP) is 2.89. The molecule has 0 saturated carbocycles. The highest BCUT2D eigenvalue weighted by Gasteiger charge is 2.08. The van der Waals surface area contributed by atoms with Crippen LogP contribution >= 0.6 is 0 Å². The second kappa shape index (κ2) is 4.70. The van der Waals surface area contributed by atoms with Crippen LogP contribution in [0.2, 0.25) is 0 Å². The number of nitrogens with two attached hydrogens (primary N) is 1. The number of carbonyl (C=O) groups is 1. The molecule has 0 heterocycles.